The smallest absolute Gasteiger partial charge is 0.253 e. The normalized spacial score (nSPS) is 17.8. The molecule has 0 aliphatic carbocycles. The number of halogens is 1. The highest BCUT2D eigenvalue weighted by molar-refractivity contribution is 7.89. The molecule has 1 N–H and O–H groups in total. The van der Waals surface area contributed by atoms with Crippen molar-refractivity contribution < 1.29 is 13.2 Å². The molecule has 148 valence electrons. The van der Waals surface area contributed by atoms with Gasteiger partial charge in [-0.05, 0) is 44.0 Å². The molecule has 0 bridgehead atoms. The van der Waals surface area contributed by atoms with Gasteiger partial charge in [-0.25, -0.2) is 8.42 Å². The minimum absolute atomic E-state index is 0. The summed E-state index contributed by atoms with van der Waals surface area (Å²) in [5.74, 6) is -0.0451. The molecule has 1 atom stereocenters. The lowest BCUT2D eigenvalue weighted by molar-refractivity contribution is 0.0709. The third-order valence-corrected chi connectivity index (χ3v) is 6.25. The summed E-state index contributed by atoms with van der Waals surface area (Å²) in [6.07, 6.45) is 1.55. The van der Waals surface area contributed by atoms with Crippen LogP contribution in [0.5, 0.6) is 0 Å². The number of hydrogen-bond donors (Lipinski definition) is 1. The minimum atomic E-state index is -3.50. The number of carbonyl (C=O) groups is 1. The third kappa shape index (κ3) is 5.42. The molecule has 1 aromatic carbocycles. The quantitative estimate of drug-likeness (QED) is 0.758. The fourth-order valence-electron chi connectivity index (χ4n) is 3.07. The average Bonchev–Trinajstić information content (AvgIpc) is 2.61. The van der Waals surface area contributed by atoms with Gasteiger partial charge >= 0.3 is 0 Å². The molecule has 1 aromatic rings. The standard InChI is InChI=1S/C18H29N3O3S.ClH/c1-4-11-21(12-5-2)25(23,24)17-8-6-16(7-9-17)18(22)20-13-10-19-15(3)14-20;/h6-9,15,19H,4-5,10-14H2,1-3H3;1H. The molecule has 8 heteroatoms. The average molecular weight is 404 g/mol. The molecule has 1 fully saturated rings. The van der Waals surface area contributed by atoms with E-state index >= 15 is 0 Å². The minimum Gasteiger partial charge on any atom is -0.336 e. The molecule has 1 aliphatic rings. The highest BCUT2D eigenvalue weighted by Gasteiger charge is 2.25. The van der Waals surface area contributed by atoms with E-state index in [0.29, 0.717) is 31.7 Å². The van der Waals surface area contributed by atoms with Gasteiger partial charge < -0.3 is 10.2 Å². The predicted octanol–water partition coefficient (Wildman–Crippen LogP) is 2.35. The Morgan fingerprint density at radius 2 is 1.77 bits per heavy atom. The van der Waals surface area contributed by atoms with Crippen LogP contribution >= 0.6 is 12.4 Å². The molecule has 0 spiro atoms. The van der Waals surface area contributed by atoms with Gasteiger partial charge in [0.15, 0.2) is 0 Å². The Hall–Kier alpha value is -1.15. The van der Waals surface area contributed by atoms with Gasteiger partial charge in [-0.15, -0.1) is 12.4 Å². The van der Waals surface area contributed by atoms with Crippen LogP contribution in [-0.4, -0.2) is 62.3 Å². The summed E-state index contributed by atoms with van der Waals surface area (Å²) in [6.45, 7) is 9.12. The second kappa shape index (κ2) is 10.3. The lowest BCUT2D eigenvalue weighted by atomic mass is 10.1. The second-order valence-electron chi connectivity index (χ2n) is 6.53. The van der Waals surface area contributed by atoms with E-state index in [0.717, 1.165) is 19.4 Å². The molecule has 6 nitrogen and oxygen atoms in total. The molecule has 2 rings (SSSR count). The van der Waals surface area contributed by atoms with Crippen molar-refractivity contribution in [2.75, 3.05) is 32.7 Å². The highest BCUT2D eigenvalue weighted by Crippen LogP contribution is 2.18. The number of nitrogens with zero attached hydrogens (tertiary/aromatic N) is 2. The number of nitrogens with one attached hydrogen (secondary N) is 1. The largest absolute Gasteiger partial charge is 0.336 e. The molecule has 0 radical (unpaired) electrons. The Morgan fingerprint density at radius 1 is 1.19 bits per heavy atom. The first-order valence-corrected chi connectivity index (χ1v) is 10.5. The van der Waals surface area contributed by atoms with Crippen molar-refractivity contribution in [1.82, 2.24) is 14.5 Å². The zero-order valence-electron chi connectivity index (χ0n) is 15.8. The van der Waals surface area contributed by atoms with E-state index in [-0.39, 0.29) is 29.3 Å². The Kier molecular flexibility index (Phi) is 9.03. The van der Waals surface area contributed by atoms with E-state index in [1.165, 1.54) is 4.31 Å². The summed E-state index contributed by atoms with van der Waals surface area (Å²) < 4.78 is 27.0. The van der Waals surface area contributed by atoms with E-state index in [2.05, 4.69) is 5.32 Å². The molecular formula is C18H30ClN3O3S. The van der Waals surface area contributed by atoms with Crippen molar-refractivity contribution in [2.45, 2.75) is 44.6 Å². The van der Waals surface area contributed by atoms with Gasteiger partial charge in [-0.1, -0.05) is 13.8 Å². The zero-order valence-corrected chi connectivity index (χ0v) is 17.4. The van der Waals surface area contributed by atoms with E-state index < -0.39 is 10.0 Å². The Balaban J connectivity index is 0.00000338. The maximum Gasteiger partial charge on any atom is 0.253 e. The molecule has 1 aliphatic heterocycles. The van der Waals surface area contributed by atoms with Crippen LogP contribution in [0, 0.1) is 0 Å². The van der Waals surface area contributed by atoms with Gasteiger partial charge in [-0.2, -0.15) is 4.31 Å². The maximum absolute atomic E-state index is 12.8. The van der Waals surface area contributed by atoms with Crippen LogP contribution in [0.4, 0.5) is 0 Å². The molecule has 1 heterocycles. The van der Waals surface area contributed by atoms with Crippen molar-refractivity contribution >= 4 is 28.3 Å². The molecule has 1 saturated heterocycles. The first-order chi connectivity index (χ1) is 11.9. The van der Waals surface area contributed by atoms with Crippen LogP contribution in [0.3, 0.4) is 0 Å². The SMILES string of the molecule is CCCN(CCC)S(=O)(=O)c1ccc(C(=O)N2CCNC(C)C2)cc1.Cl. The monoisotopic (exact) mass is 403 g/mol. The molecule has 1 unspecified atom stereocenters. The van der Waals surface area contributed by atoms with Crippen LogP contribution in [0.15, 0.2) is 29.2 Å². The number of rotatable bonds is 7. The zero-order chi connectivity index (χ0) is 18.4. The van der Waals surface area contributed by atoms with Gasteiger partial charge in [0, 0.05) is 44.3 Å². The molecule has 26 heavy (non-hydrogen) atoms. The summed E-state index contributed by atoms with van der Waals surface area (Å²) in [5, 5.41) is 3.30. The number of sulfonamides is 1. The van der Waals surface area contributed by atoms with E-state index in [1.807, 2.05) is 25.7 Å². The van der Waals surface area contributed by atoms with Crippen LogP contribution in [0.25, 0.3) is 0 Å². The topological polar surface area (TPSA) is 69.7 Å². The fourth-order valence-corrected chi connectivity index (χ4v) is 4.69. The van der Waals surface area contributed by atoms with Crippen molar-refractivity contribution in [3.8, 4) is 0 Å². The maximum atomic E-state index is 12.8. The fraction of sp³-hybridized carbons (Fsp3) is 0.611. The van der Waals surface area contributed by atoms with Gasteiger partial charge in [0.1, 0.15) is 0 Å². The van der Waals surface area contributed by atoms with Crippen LogP contribution in [0.2, 0.25) is 0 Å². The number of benzene rings is 1. The van der Waals surface area contributed by atoms with Crippen molar-refractivity contribution in [3.63, 3.8) is 0 Å². The van der Waals surface area contributed by atoms with E-state index in [1.54, 1.807) is 24.3 Å². The van der Waals surface area contributed by atoms with E-state index in [4.69, 9.17) is 0 Å². The Morgan fingerprint density at radius 3 is 2.27 bits per heavy atom. The third-order valence-electron chi connectivity index (χ3n) is 4.34. The summed E-state index contributed by atoms with van der Waals surface area (Å²) in [6, 6.07) is 6.61. The number of hydrogen-bond acceptors (Lipinski definition) is 4. The van der Waals surface area contributed by atoms with E-state index in [9.17, 15) is 13.2 Å². The summed E-state index contributed by atoms with van der Waals surface area (Å²) in [5.41, 5.74) is 0.533. The lowest BCUT2D eigenvalue weighted by Gasteiger charge is -2.32. The lowest BCUT2D eigenvalue weighted by Crippen LogP contribution is -2.51. The summed E-state index contributed by atoms with van der Waals surface area (Å²) in [7, 11) is -3.50. The second-order valence-corrected chi connectivity index (χ2v) is 8.47. The van der Waals surface area contributed by atoms with Crippen molar-refractivity contribution in [2.24, 2.45) is 0 Å². The summed E-state index contributed by atoms with van der Waals surface area (Å²) in [4.78, 5) is 14.6. The van der Waals surface area contributed by atoms with Gasteiger partial charge in [0.05, 0.1) is 4.90 Å². The molecule has 0 saturated carbocycles. The number of carbonyl (C=O) groups excluding carboxylic acids is 1. The first kappa shape index (κ1) is 22.9. The Bertz CT molecular complexity index is 673. The van der Waals surface area contributed by atoms with Gasteiger partial charge in [0.25, 0.3) is 5.91 Å². The van der Waals surface area contributed by atoms with Crippen LogP contribution in [-0.2, 0) is 10.0 Å². The molecular weight excluding hydrogens is 374 g/mol. The van der Waals surface area contributed by atoms with Gasteiger partial charge in [0.2, 0.25) is 10.0 Å². The number of piperazine rings is 1. The van der Waals surface area contributed by atoms with Crippen LogP contribution < -0.4 is 5.32 Å². The Labute approximate surface area is 163 Å². The first-order valence-electron chi connectivity index (χ1n) is 9.03. The molecule has 1 amide bonds. The highest BCUT2D eigenvalue weighted by atomic mass is 35.5. The van der Waals surface area contributed by atoms with Crippen molar-refractivity contribution in [3.05, 3.63) is 29.8 Å². The number of amides is 1. The predicted molar refractivity (Wildman–Crippen MR) is 106 cm³/mol. The summed E-state index contributed by atoms with van der Waals surface area (Å²) >= 11 is 0. The van der Waals surface area contributed by atoms with Crippen molar-refractivity contribution in [1.29, 1.82) is 0 Å². The van der Waals surface area contributed by atoms with Gasteiger partial charge in [-0.3, -0.25) is 4.79 Å². The molecule has 0 aromatic heterocycles. The van der Waals surface area contributed by atoms with Crippen LogP contribution in [0.1, 0.15) is 44.0 Å².